The van der Waals surface area contributed by atoms with Gasteiger partial charge in [0.05, 0.1) is 11.4 Å². The van der Waals surface area contributed by atoms with E-state index in [2.05, 4.69) is 0 Å². The Hall–Kier alpha value is -1.55. The van der Waals surface area contributed by atoms with Crippen LogP contribution in [0.1, 0.15) is 17.3 Å². The van der Waals surface area contributed by atoms with Crippen molar-refractivity contribution in [1.82, 2.24) is 0 Å². The molecule has 1 rings (SSSR count). The molecular formula is C10H9ClO4. The van der Waals surface area contributed by atoms with Crippen LogP contribution >= 0.6 is 11.6 Å². The van der Waals surface area contributed by atoms with Crippen LogP contribution in [0.4, 0.5) is 0 Å². The Balaban J connectivity index is 3.05. The summed E-state index contributed by atoms with van der Waals surface area (Å²) in [7, 11) is 0. The lowest BCUT2D eigenvalue weighted by atomic mass is 10.1. The second-order valence-electron chi connectivity index (χ2n) is 2.83. The van der Waals surface area contributed by atoms with E-state index >= 15 is 0 Å². The molecule has 80 valence electrons. The average molecular weight is 229 g/mol. The third kappa shape index (κ3) is 2.95. The Bertz CT molecular complexity index is 400. The summed E-state index contributed by atoms with van der Waals surface area (Å²) >= 11 is 5.35. The number of ether oxygens (including phenoxy) is 1. The van der Waals surface area contributed by atoms with Gasteiger partial charge in [0.25, 0.3) is 0 Å². The normalized spacial score (nSPS) is 9.73. The van der Waals surface area contributed by atoms with E-state index in [9.17, 15) is 14.7 Å². The van der Waals surface area contributed by atoms with Gasteiger partial charge in [-0.2, -0.15) is 0 Å². The van der Waals surface area contributed by atoms with Gasteiger partial charge in [0.1, 0.15) is 11.5 Å². The van der Waals surface area contributed by atoms with E-state index in [1.54, 1.807) is 0 Å². The van der Waals surface area contributed by atoms with Crippen LogP contribution in [0.3, 0.4) is 0 Å². The summed E-state index contributed by atoms with van der Waals surface area (Å²) in [5, 5.41) is 9.35. The van der Waals surface area contributed by atoms with E-state index in [1.807, 2.05) is 0 Å². The van der Waals surface area contributed by atoms with E-state index in [1.165, 1.54) is 25.1 Å². The van der Waals surface area contributed by atoms with E-state index < -0.39 is 11.8 Å². The number of phenolic OH excluding ortho intramolecular Hbond substituents is 1. The second kappa shape index (κ2) is 4.79. The summed E-state index contributed by atoms with van der Waals surface area (Å²) in [4.78, 5) is 21.9. The molecule has 0 aliphatic carbocycles. The number of phenols is 1. The minimum atomic E-state index is -0.495. The number of Topliss-reactive ketones (excluding diaryl/α,β-unsaturated/α-hetero) is 1. The number of alkyl halides is 1. The fourth-order valence-electron chi connectivity index (χ4n) is 1.04. The summed E-state index contributed by atoms with van der Waals surface area (Å²) in [6.07, 6.45) is 0. The zero-order chi connectivity index (χ0) is 11.4. The van der Waals surface area contributed by atoms with Crippen LogP contribution < -0.4 is 4.74 Å². The highest BCUT2D eigenvalue weighted by Gasteiger charge is 2.11. The highest BCUT2D eigenvalue weighted by atomic mass is 35.5. The highest BCUT2D eigenvalue weighted by molar-refractivity contribution is 6.30. The Morgan fingerprint density at radius 1 is 1.47 bits per heavy atom. The Labute approximate surface area is 91.4 Å². The molecule has 0 bridgehead atoms. The zero-order valence-corrected chi connectivity index (χ0v) is 8.75. The van der Waals surface area contributed by atoms with Crippen molar-refractivity contribution in [2.45, 2.75) is 6.92 Å². The average Bonchev–Trinajstić information content (AvgIpc) is 2.19. The van der Waals surface area contributed by atoms with Crippen LogP contribution in [0.2, 0.25) is 0 Å². The quantitative estimate of drug-likeness (QED) is 0.370. The number of rotatable bonds is 3. The van der Waals surface area contributed by atoms with Crippen molar-refractivity contribution in [3.05, 3.63) is 23.8 Å². The fourth-order valence-corrected chi connectivity index (χ4v) is 1.18. The maximum absolute atomic E-state index is 11.2. The summed E-state index contributed by atoms with van der Waals surface area (Å²) in [6.45, 7) is 1.25. The molecule has 1 aromatic carbocycles. The standard InChI is InChI=1S/C10H9ClO4/c1-6(12)15-7-2-3-9(13)8(4-7)10(14)5-11/h2-4,13H,5H2,1H3. The predicted molar refractivity (Wildman–Crippen MR) is 54.5 cm³/mol. The number of aromatic hydroxyl groups is 1. The van der Waals surface area contributed by atoms with Crippen molar-refractivity contribution in [3.8, 4) is 11.5 Å². The maximum atomic E-state index is 11.2. The molecule has 4 nitrogen and oxygen atoms in total. The van der Waals surface area contributed by atoms with Gasteiger partial charge in [0, 0.05) is 6.92 Å². The molecule has 0 heterocycles. The molecule has 0 saturated carbocycles. The second-order valence-corrected chi connectivity index (χ2v) is 3.10. The molecule has 15 heavy (non-hydrogen) atoms. The van der Waals surface area contributed by atoms with Gasteiger partial charge in [-0.15, -0.1) is 11.6 Å². The molecule has 0 unspecified atom stereocenters. The minimum Gasteiger partial charge on any atom is -0.507 e. The van der Waals surface area contributed by atoms with Crippen molar-refractivity contribution in [3.63, 3.8) is 0 Å². The van der Waals surface area contributed by atoms with Gasteiger partial charge in [0.15, 0.2) is 5.78 Å². The summed E-state index contributed by atoms with van der Waals surface area (Å²) in [5.41, 5.74) is 0.0451. The molecular weight excluding hydrogens is 220 g/mol. The number of hydrogen-bond donors (Lipinski definition) is 1. The van der Waals surface area contributed by atoms with Crippen molar-refractivity contribution in [1.29, 1.82) is 0 Å². The summed E-state index contributed by atoms with van der Waals surface area (Å²) < 4.78 is 4.76. The number of ketones is 1. The first-order valence-electron chi connectivity index (χ1n) is 4.15. The van der Waals surface area contributed by atoms with Gasteiger partial charge < -0.3 is 9.84 Å². The van der Waals surface area contributed by atoms with Crippen LogP contribution in [0.5, 0.6) is 11.5 Å². The molecule has 1 N–H and O–H groups in total. The first kappa shape index (κ1) is 11.5. The van der Waals surface area contributed by atoms with Crippen molar-refractivity contribution in [2.75, 3.05) is 5.88 Å². The fraction of sp³-hybridized carbons (Fsp3) is 0.200. The van der Waals surface area contributed by atoms with Crippen molar-refractivity contribution < 1.29 is 19.4 Å². The van der Waals surface area contributed by atoms with Crippen molar-refractivity contribution in [2.24, 2.45) is 0 Å². The lowest BCUT2D eigenvalue weighted by molar-refractivity contribution is -0.131. The summed E-state index contributed by atoms with van der Waals surface area (Å²) in [6, 6.07) is 3.95. The predicted octanol–water partition coefficient (Wildman–Crippen LogP) is 1.74. The molecule has 5 heteroatoms. The van der Waals surface area contributed by atoms with Gasteiger partial charge in [0.2, 0.25) is 0 Å². The third-order valence-corrected chi connectivity index (χ3v) is 1.89. The molecule has 0 fully saturated rings. The van der Waals surface area contributed by atoms with Gasteiger partial charge in [-0.3, -0.25) is 9.59 Å². The number of carbonyl (C=O) groups excluding carboxylic acids is 2. The number of benzene rings is 1. The van der Waals surface area contributed by atoms with E-state index in [0.29, 0.717) is 0 Å². The molecule has 0 saturated heterocycles. The molecule has 0 aromatic heterocycles. The van der Waals surface area contributed by atoms with Crippen LogP contribution in [-0.4, -0.2) is 22.7 Å². The third-order valence-electron chi connectivity index (χ3n) is 1.65. The Morgan fingerprint density at radius 3 is 2.67 bits per heavy atom. The molecule has 0 aliphatic heterocycles. The smallest absolute Gasteiger partial charge is 0.308 e. The lowest BCUT2D eigenvalue weighted by Gasteiger charge is -2.05. The number of carbonyl (C=O) groups is 2. The lowest BCUT2D eigenvalue weighted by Crippen LogP contribution is -2.04. The Kier molecular flexibility index (Phi) is 3.68. The monoisotopic (exact) mass is 228 g/mol. The van der Waals surface area contributed by atoms with E-state index in [-0.39, 0.29) is 22.9 Å². The van der Waals surface area contributed by atoms with Crippen LogP contribution in [0.25, 0.3) is 0 Å². The molecule has 0 atom stereocenters. The summed E-state index contributed by atoms with van der Waals surface area (Å²) in [5.74, 6) is -1.14. The van der Waals surface area contributed by atoms with Gasteiger partial charge >= 0.3 is 5.97 Å². The molecule has 0 amide bonds. The highest BCUT2D eigenvalue weighted by Crippen LogP contribution is 2.23. The van der Waals surface area contributed by atoms with Gasteiger partial charge in [-0.05, 0) is 18.2 Å². The van der Waals surface area contributed by atoms with Gasteiger partial charge in [-0.25, -0.2) is 0 Å². The molecule has 1 aromatic rings. The largest absolute Gasteiger partial charge is 0.507 e. The topological polar surface area (TPSA) is 63.6 Å². The SMILES string of the molecule is CC(=O)Oc1ccc(O)c(C(=O)CCl)c1. The number of esters is 1. The van der Waals surface area contributed by atoms with Crippen LogP contribution in [0.15, 0.2) is 18.2 Å². The molecule has 0 aliphatic rings. The minimum absolute atomic E-state index is 0.0451. The maximum Gasteiger partial charge on any atom is 0.308 e. The first-order chi connectivity index (χ1) is 7.04. The number of halogens is 1. The molecule has 0 radical (unpaired) electrons. The van der Waals surface area contributed by atoms with Crippen LogP contribution in [-0.2, 0) is 4.79 Å². The molecule has 0 spiro atoms. The van der Waals surface area contributed by atoms with Gasteiger partial charge in [-0.1, -0.05) is 0 Å². The van der Waals surface area contributed by atoms with E-state index in [0.717, 1.165) is 0 Å². The zero-order valence-electron chi connectivity index (χ0n) is 7.99. The number of hydrogen-bond acceptors (Lipinski definition) is 4. The Morgan fingerprint density at radius 2 is 2.13 bits per heavy atom. The first-order valence-corrected chi connectivity index (χ1v) is 4.68. The van der Waals surface area contributed by atoms with Crippen molar-refractivity contribution >= 4 is 23.4 Å². The van der Waals surface area contributed by atoms with Crippen LogP contribution in [0, 0.1) is 0 Å². The van der Waals surface area contributed by atoms with E-state index in [4.69, 9.17) is 16.3 Å².